The molecule has 2 unspecified atom stereocenters. The maximum atomic E-state index is 10.8. The van der Waals surface area contributed by atoms with Crippen LogP contribution >= 0.6 is 0 Å². The van der Waals surface area contributed by atoms with Gasteiger partial charge in [-0.05, 0) is 42.4 Å². The Balaban J connectivity index is 1.81. The number of fused-ring (bicyclic) bond motifs is 1. The van der Waals surface area contributed by atoms with Crippen LogP contribution in [0.15, 0.2) is 54.6 Å². The molecule has 21 heavy (non-hydrogen) atoms. The van der Waals surface area contributed by atoms with Crippen LogP contribution in [0.4, 0.5) is 0 Å². The Labute approximate surface area is 126 Å². The Bertz CT molecular complexity index is 596. The van der Waals surface area contributed by atoms with E-state index < -0.39 is 6.10 Å². The van der Waals surface area contributed by atoms with Crippen LogP contribution in [-0.4, -0.2) is 17.8 Å². The molecule has 2 aromatic carbocycles. The fourth-order valence-electron chi connectivity index (χ4n) is 3.47. The van der Waals surface area contributed by atoms with Gasteiger partial charge in [-0.15, -0.1) is 0 Å². The van der Waals surface area contributed by atoms with Crippen LogP contribution in [0.1, 0.15) is 23.1 Å². The molecule has 2 heteroatoms. The van der Waals surface area contributed by atoms with E-state index in [1.165, 1.54) is 16.7 Å². The third kappa shape index (κ3) is 2.87. The minimum Gasteiger partial charge on any atom is -0.392 e. The second-order valence-electron chi connectivity index (χ2n) is 6.22. The van der Waals surface area contributed by atoms with E-state index in [1.54, 1.807) is 0 Å². The number of aliphatic hydroxyl groups is 1. The van der Waals surface area contributed by atoms with Crippen molar-refractivity contribution in [1.29, 1.82) is 0 Å². The van der Waals surface area contributed by atoms with Crippen LogP contribution in [0.2, 0.25) is 0 Å². The first-order valence-electron chi connectivity index (χ1n) is 7.72. The summed E-state index contributed by atoms with van der Waals surface area (Å²) < 4.78 is 0. The van der Waals surface area contributed by atoms with Crippen molar-refractivity contribution in [3.8, 4) is 0 Å². The number of hydrogen-bond acceptors (Lipinski definition) is 2. The highest BCUT2D eigenvalue weighted by atomic mass is 16.3. The molecular formula is C19H23NO. The minimum absolute atomic E-state index is 0.190. The molecule has 2 aromatic rings. The van der Waals surface area contributed by atoms with Gasteiger partial charge in [0.1, 0.15) is 0 Å². The van der Waals surface area contributed by atoms with Crippen LogP contribution in [-0.2, 0) is 19.3 Å². The molecule has 3 rings (SSSR count). The molecule has 0 aromatic heterocycles. The summed E-state index contributed by atoms with van der Waals surface area (Å²) in [4.78, 5) is 0. The Hall–Kier alpha value is -1.64. The molecule has 3 N–H and O–H groups in total. The molecule has 0 heterocycles. The minimum atomic E-state index is -0.391. The lowest BCUT2D eigenvalue weighted by atomic mass is 9.67. The first-order chi connectivity index (χ1) is 10.2. The molecule has 110 valence electrons. The topological polar surface area (TPSA) is 46.2 Å². The van der Waals surface area contributed by atoms with Crippen molar-refractivity contribution in [1.82, 2.24) is 0 Å². The van der Waals surface area contributed by atoms with Crippen LogP contribution in [0.3, 0.4) is 0 Å². The predicted molar refractivity (Wildman–Crippen MR) is 86.1 cm³/mol. The summed E-state index contributed by atoms with van der Waals surface area (Å²) in [6.45, 7) is 0.537. The maximum Gasteiger partial charge on any atom is 0.0652 e. The summed E-state index contributed by atoms with van der Waals surface area (Å²) in [5.41, 5.74) is 9.84. The fraction of sp³-hybridized carbons (Fsp3) is 0.368. The van der Waals surface area contributed by atoms with E-state index >= 15 is 0 Å². The predicted octanol–water partition coefficient (Wildman–Crippen LogP) is 2.72. The van der Waals surface area contributed by atoms with E-state index in [9.17, 15) is 5.11 Å². The normalized spacial score (nSPS) is 22.6. The zero-order chi connectivity index (χ0) is 14.7. The Morgan fingerprint density at radius 1 is 1.00 bits per heavy atom. The lowest BCUT2D eigenvalue weighted by Crippen LogP contribution is -2.47. The molecule has 2 nitrogen and oxygen atoms in total. The van der Waals surface area contributed by atoms with Gasteiger partial charge < -0.3 is 10.8 Å². The average Bonchev–Trinajstić information content (AvgIpc) is 2.55. The zero-order valence-corrected chi connectivity index (χ0v) is 12.3. The summed E-state index contributed by atoms with van der Waals surface area (Å²) in [5, 5.41) is 10.8. The molecule has 0 radical (unpaired) electrons. The smallest absolute Gasteiger partial charge is 0.0652 e. The van der Waals surface area contributed by atoms with E-state index in [0.29, 0.717) is 13.0 Å². The summed E-state index contributed by atoms with van der Waals surface area (Å²) in [6.07, 6.45) is 3.15. The van der Waals surface area contributed by atoms with Gasteiger partial charge in [-0.25, -0.2) is 0 Å². The van der Waals surface area contributed by atoms with Crippen molar-refractivity contribution in [2.45, 2.75) is 31.8 Å². The quantitative estimate of drug-likeness (QED) is 0.905. The Morgan fingerprint density at radius 2 is 1.67 bits per heavy atom. The van der Waals surface area contributed by atoms with Gasteiger partial charge in [0.25, 0.3) is 0 Å². The number of aliphatic hydroxyl groups excluding tert-OH is 1. The second kappa shape index (κ2) is 6.00. The summed E-state index contributed by atoms with van der Waals surface area (Å²) in [7, 11) is 0. The number of hydrogen-bond donors (Lipinski definition) is 2. The van der Waals surface area contributed by atoms with Crippen molar-refractivity contribution < 1.29 is 5.11 Å². The number of nitrogens with two attached hydrogens (primary N) is 1. The highest BCUT2D eigenvalue weighted by molar-refractivity contribution is 5.32. The van der Waals surface area contributed by atoms with E-state index in [-0.39, 0.29) is 5.41 Å². The second-order valence-corrected chi connectivity index (χ2v) is 6.22. The molecule has 0 fully saturated rings. The molecule has 0 saturated carbocycles. The van der Waals surface area contributed by atoms with E-state index in [0.717, 1.165) is 19.3 Å². The SMILES string of the molecule is NCC1(C(O)Cc2ccccc2)CCc2ccccc2C1. The lowest BCUT2D eigenvalue weighted by Gasteiger charge is -2.41. The first-order valence-corrected chi connectivity index (χ1v) is 7.72. The van der Waals surface area contributed by atoms with Crippen LogP contribution in [0.5, 0.6) is 0 Å². The van der Waals surface area contributed by atoms with Gasteiger partial charge in [0, 0.05) is 12.0 Å². The largest absolute Gasteiger partial charge is 0.392 e. The van der Waals surface area contributed by atoms with Gasteiger partial charge in [-0.1, -0.05) is 54.6 Å². The molecule has 0 spiro atoms. The van der Waals surface area contributed by atoms with Crippen LogP contribution in [0.25, 0.3) is 0 Å². The van der Waals surface area contributed by atoms with Crippen molar-refractivity contribution in [2.75, 3.05) is 6.54 Å². The van der Waals surface area contributed by atoms with E-state index in [1.807, 2.05) is 18.2 Å². The fourth-order valence-corrected chi connectivity index (χ4v) is 3.47. The lowest BCUT2D eigenvalue weighted by molar-refractivity contribution is 0.0198. The average molecular weight is 281 g/mol. The third-order valence-electron chi connectivity index (χ3n) is 4.94. The number of aryl methyl sites for hydroxylation is 1. The zero-order valence-electron chi connectivity index (χ0n) is 12.3. The Kier molecular flexibility index (Phi) is 4.09. The monoisotopic (exact) mass is 281 g/mol. The summed E-state index contributed by atoms with van der Waals surface area (Å²) in [5.74, 6) is 0. The van der Waals surface area contributed by atoms with Crippen LogP contribution < -0.4 is 5.73 Å². The molecular weight excluding hydrogens is 258 g/mol. The van der Waals surface area contributed by atoms with Crippen LogP contribution in [0, 0.1) is 5.41 Å². The van der Waals surface area contributed by atoms with Crippen molar-refractivity contribution in [3.63, 3.8) is 0 Å². The number of rotatable bonds is 4. The van der Waals surface area contributed by atoms with Gasteiger partial charge in [0.15, 0.2) is 0 Å². The van der Waals surface area contributed by atoms with Crippen molar-refractivity contribution in [2.24, 2.45) is 11.1 Å². The van der Waals surface area contributed by atoms with E-state index in [2.05, 4.69) is 36.4 Å². The van der Waals surface area contributed by atoms with Crippen molar-refractivity contribution >= 4 is 0 Å². The molecule has 1 aliphatic rings. The summed E-state index contributed by atoms with van der Waals surface area (Å²) >= 11 is 0. The van der Waals surface area contributed by atoms with Gasteiger partial charge in [0.05, 0.1) is 6.10 Å². The highest BCUT2D eigenvalue weighted by Gasteiger charge is 2.39. The molecule has 2 atom stereocenters. The van der Waals surface area contributed by atoms with Crippen molar-refractivity contribution in [3.05, 3.63) is 71.3 Å². The number of benzene rings is 2. The molecule has 0 aliphatic heterocycles. The Morgan fingerprint density at radius 3 is 2.38 bits per heavy atom. The molecule has 1 aliphatic carbocycles. The van der Waals surface area contributed by atoms with Gasteiger partial charge in [-0.3, -0.25) is 0 Å². The van der Waals surface area contributed by atoms with E-state index in [4.69, 9.17) is 5.73 Å². The molecule has 0 bridgehead atoms. The standard InChI is InChI=1S/C19H23NO/c20-14-19(18(21)12-15-6-2-1-3-7-15)11-10-16-8-4-5-9-17(16)13-19/h1-9,18,21H,10-14,20H2. The van der Waals surface area contributed by atoms with Gasteiger partial charge in [-0.2, -0.15) is 0 Å². The summed E-state index contributed by atoms with van der Waals surface area (Å²) in [6, 6.07) is 18.7. The maximum absolute atomic E-state index is 10.8. The molecule has 0 amide bonds. The third-order valence-corrected chi connectivity index (χ3v) is 4.94. The van der Waals surface area contributed by atoms with Gasteiger partial charge in [0.2, 0.25) is 0 Å². The van der Waals surface area contributed by atoms with Gasteiger partial charge >= 0.3 is 0 Å². The first kappa shape index (κ1) is 14.3. The molecule has 0 saturated heterocycles. The highest BCUT2D eigenvalue weighted by Crippen LogP contribution is 2.38.